The van der Waals surface area contributed by atoms with E-state index in [1.165, 1.54) is 37.8 Å². The Bertz CT molecular complexity index is 636. The van der Waals surface area contributed by atoms with E-state index in [1.54, 1.807) is 0 Å². The lowest BCUT2D eigenvalue weighted by Gasteiger charge is -2.22. The van der Waals surface area contributed by atoms with Gasteiger partial charge < -0.3 is 10.6 Å². The van der Waals surface area contributed by atoms with Crippen LogP contribution in [0.2, 0.25) is 0 Å². The Hall–Kier alpha value is -1.97. The van der Waals surface area contributed by atoms with Crippen LogP contribution in [0.25, 0.3) is 5.69 Å². The van der Waals surface area contributed by atoms with Crippen molar-refractivity contribution in [1.82, 2.24) is 9.78 Å². The highest BCUT2D eigenvalue weighted by atomic mass is 15.3. The number of nitrogens with two attached hydrogens (primary N) is 1. The summed E-state index contributed by atoms with van der Waals surface area (Å²) >= 11 is 0. The molecule has 0 amide bonds. The number of hydrogen-bond donors (Lipinski definition) is 1. The second kappa shape index (κ2) is 5.10. The van der Waals surface area contributed by atoms with Crippen LogP contribution in [0.4, 0.5) is 11.5 Å². The average molecular weight is 282 g/mol. The third kappa shape index (κ3) is 2.28. The van der Waals surface area contributed by atoms with E-state index in [9.17, 15) is 0 Å². The number of aromatic nitrogens is 2. The highest BCUT2D eigenvalue weighted by Crippen LogP contribution is 2.36. The van der Waals surface area contributed by atoms with Crippen LogP contribution in [-0.4, -0.2) is 22.9 Å². The first-order valence-corrected chi connectivity index (χ1v) is 8.02. The van der Waals surface area contributed by atoms with Crippen molar-refractivity contribution in [2.75, 3.05) is 23.7 Å². The Morgan fingerprint density at radius 3 is 2.48 bits per heavy atom. The fraction of sp³-hybridized carbons (Fsp3) is 0.471. The van der Waals surface area contributed by atoms with E-state index in [4.69, 9.17) is 10.8 Å². The van der Waals surface area contributed by atoms with Crippen LogP contribution in [-0.2, 0) is 0 Å². The molecule has 0 unspecified atom stereocenters. The first-order chi connectivity index (χ1) is 10.3. The smallest absolute Gasteiger partial charge is 0.127 e. The molecule has 1 aliphatic carbocycles. The molecule has 21 heavy (non-hydrogen) atoms. The van der Waals surface area contributed by atoms with Gasteiger partial charge in [0.25, 0.3) is 0 Å². The normalized spacial score (nSPS) is 19.0. The Kier molecular flexibility index (Phi) is 3.09. The molecule has 2 fully saturated rings. The summed E-state index contributed by atoms with van der Waals surface area (Å²) in [5.41, 5.74) is 9.69. The molecule has 1 saturated heterocycles. The van der Waals surface area contributed by atoms with Gasteiger partial charge in [-0.15, -0.1) is 0 Å². The lowest BCUT2D eigenvalue weighted by Crippen LogP contribution is -2.17. The molecule has 0 bridgehead atoms. The molecule has 1 aromatic heterocycles. The zero-order valence-electron chi connectivity index (χ0n) is 12.3. The third-order valence-corrected chi connectivity index (χ3v) is 4.82. The Balaban J connectivity index is 1.66. The summed E-state index contributed by atoms with van der Waals surface area (Å²) in [6.07, 6.45) is 6.41. The fourth-order valence-corrected chi connectivity index (χ4v) is 3.32. The topological polar surface area (TPSA) is 47.1 Å². The number of rotatable bonds is 3. The van der Waals surface area contributed by atoms with Gasteiger partial charge in [0.1, 0.15) is 5.82 Å². The average Bonchev–Trinajstić information content (AvgIpc) is 3.07. The fourth-order valence-electron chi connectivity index (χ4n) is 3.32. The quantitative estimate of drug-likeness (QED) is 0.939. The maximum absolute atomic E-state index is 6.18. The second-order valence-corrected chi connectivity index (χ2v) is 6.25. The van der Waals surface area contributed by atoms with E-state index >= 15 is 0 Å². The summed E-state index contributed by atoms with van der Waals surface area (Å²) in [4.78, 5) is 2.44. The van der Waals surface area contributed by atoms with Crippen LogP contribution >= 0.6 is 0 Å². The Morgan fingerprint density at radius 2 is 1.76 bits per heavy atom. The molecular formula is C17H22N4. The first-order valence-electron chi connectivity index (χ1n) is 8.02. The molecule has 0 spiro atoms. The van der Waals surface area contributed by atoms with Gasteiger partial charge in [0, 0.05) is 30.8 Å². The zero-order valence-corrected chi connectivity index (χ0v) is 12.3. The highest BCUT2D eigenvalue weighted by molar-refractivity contribution is 5.55. The van der Waals surface area contributed by atoms with E-state index < -0.39 is 0 Å². The standard InChI is InChI=1S/C17H22N4/c18-17-12-16(13-5-3-6-13)19-21(17)15-8-4-7-14(11-15)20-9-1-2-10-20/h4,7-8,11-13H,1-3,5-6,9-10,18H2. The van der Waals surface area contributed by atoms with Crippen LogP contribution in [0.1, 0.15) is 43.7 Å². The van der Waals surface area contributed by atoms with Crippen molar-refractivity contribution in [1.29, 1.82) is 0 Å². The highest BCUT2D eigenvalue weighted by Gasteiger charge is 2.23. The van der Waals surface area contributed by atoms with E-state index in [-0.39, 0.29) is 0 Å². The SMILES string of the molecule is Nc1cc(C2CCC2)nn1-c1cccc(N2CCCC2)c1. The van der Waals surface area contributed by atoms with Crippen molar-refractivity contribution in [3.8, 4) is 5.69 Å². The van der Waals surface area contributed by atoms with Gasteiger partial charge >= 0.3 is 0 Å². The molecule has 0 atom stereocenters. The van der Waals surface area contributed by atoms with Gasteiger partial charge in [-0.3, -0.25) is 0 Å². The molecule has 4 rings (SSSR count). The van der Waals surface area contributed by atoms with E-state index in [0.717, 1.165) is 30.3 Å². The van der Waals surface area contributed by atoms with E-state index in [0.29, 0.717) is 5.92 Å². The van der Waals surface area contributed by atoms with Crippen molar-refractivity contribution in [2.24, 2.45) is 0 Å². The molecule has 4 heteroatoms. The van der Waals surface area contributed by atoms with Crippen molar-refractivity contribution in [2.45, 2.75) is 38.0 Å². The summed E-state index contributed by atoms with van der Waals surface area (Å²) in [7, 11) is 0. The minimum Gasteiger partial charge on any atom is -0.384 e. The molecule has 2 aromatic rings. The molecule has 2 N–H and O–H groups in total. The Morgan fingerprint density at radius 1 is 1.00 bits per heavy atom. The minimum absolute atomic E-state index is 0.621. The second-order valence-electron chi connectivity index (χ2n) is 6.25. The van der Waals surface area contributed by atoms with Gasteiger partial charge in [-0.25, -0.2) is 4.68 Å². The maximum atomic E-state index is 6.18. The van der Waals surface area contributed by atoms with Crippen LogP contribution in [0.15, 0.2) is 30.3 Å². The van der Waals surface area contributed by atoms with Crippen LogP contribution < -0.4 is 10.6 Å². The zero-order chi connectivity index (χ0) is 14.2. The van der Waals surface area contributed by atoms with Gasteiger partial charge in [0.15, 0.2) is 0 Å². The van der Waals surface area contributed by atoms with Gasteiger partial charge in [-0.05, 0) is 43.9 Å². The summed E-state index contributed by atoms with van der Waals surface area (Å²) in [5, 5.41) is 4.74. The molecule has 2 heterocycles. The van der Waals surface area contributed by atoms with Crippen molar-refractivity contribution >= 4 is 11.5 Å². The number of nitrogens with zero attached hydrogens (tertiary/aromatic N) is 3. The molecule has 2 aliphatic rings. The third-order valence-electron chi connectivity index (χ3n) is 4.82. The summed E-state index contributed by atoms with van der Waals surface area (Å²) in [6, 6.07) is 10.6. The molecular weight excluding hydrogens is 260 g/mol. The lowest BCUT2D eigenvalue weighted by molar-refractivity contribution is 0.409. The molecule has 1 aromatic carbocycles. The summed E-state index contributed by atoms with van der Waals surface area (Å²) in [5.74, 6) is 1.37. The molecule has 0 radical (unpaired) electrons. The van der Waals surface area contributed by atoms with Gasteiger partial charge in [-0.1, -0.05) is 12.5 Å². The number of hydrogen-bond acceptors (Lipinski definition) is 3. The van der Waals surface area contributed by atoms with Crippen molar-refractivity contribution < 1.29 is 0 Å². The monoisotopic (exact) mass is 282 g/mol. The van der Waals surface area contributed by atoms with Gasteiger partial charge in [0.05, 0.1) is 11.4 Å². The predicted octanol–water partition coefficient (Wildman–Crippen LogP) is 3.32. The van der Waals surface area contributed by atoms with Crippen LogP contribution in [0, 0.1) is 0 Å². The lowest BCUT2D eigenvalue weighted by atomic mass is 9.83. The minimum atomic E-state index is 0.621. The molecule has 1 saturated carbocycles. The first kappa shape index (κ1) is 12.7. The molecule has 1 aliphatic heterocycles. The van der Waals surface area contributed by atoms with Crippen LogP contribution in [0.3, 0.4) is 0 Å². The molecule has 4 nitrogen and oxygen atoms in total. The van der Waals surface area contributed by atoms with Gasteiger partial charge in [0.2, 0.25) is 0 Å². The predicted molar refractivity (Wildman–Crippen MR) is 86.0 cm³/mol. The largest absolute Gasteiger partial charge is 0.384 e. The van der Waals surface area contributed by atoms with Crippen molar-refractivity contribution in [3.63, 3.8) is 0 Å². The number of nitrogen functional groups attached to an aromatic ring is 1. The summed E-state index contributed by atoms with van der Waals surface area (Å²) in [6.45, 7) is 2.32. The van der Waals surface area contributed by atoms with Crippen molar-refractivity contribution in [3.05, 3.63) is 36.0 Å². The number of benzene rings is 1. The van der Waals surface area contributed by atoms with E-state index in [2.05, 4.69) is 29.2 Å². The molecule has 110 valence electrons. The van der Waals surface area contributed by atoms with Gasteiger partial charge in [-0.2, -0.15) is 5.10 Å². The maximum Gasteiger partial charge on any atom is 0.127 e. The Labute approximate surface area is 125 Å². The summed E-state index contributed by atoms with van der Waals surface area (Å²) < 4.78 is 1.90. The van der Waals surface area contributed by atoms with E-state index in [1.807, 2.05) is 10.7 Å². The van der Waals surface area contributed by atoms with Crippen LogP contribution in [0.5, 0.6) is 0 Å². The number of anilines is 2.